The minimum absolute atomic E-state index is 0.262. The first-order valence-corrected chi connectivity index (χ1v) is 8.27. The van der Waals surface area contributed by atoms with Gasteiger partial charge in [-0.05, 0) is 18.6 Å². The third-order valence-electron chi connectivity index (χ3n) is 4.16. The van der Waals surface area contributed by atoms with Crippen LogP contribution in [-0.4, -0.2) is 41.1 Å². The Labute approximate surface area is 150 Å². The summed E-state index contributed by atoms with van der Waals surface area (Å²) >= 11 is 0. The van der Waals surface area contributed by atoms with Gasteiger partial charge in [0.25, 0.3) is 11.8 Å². The number of hydrogen-bond acceptors (Lipinski definition) is 5. The molecule has 2 amide bonds. The summed E-state index contributed by atoms with van der Waals surface area (Å²) in [6, 6.07) is 14.9. The highest BCUT2D eigenvalue weighted by atomic mass is 16.5. The van der Waals surface area contributed by atoms with Gasteiger partial charge in [-0.2, -0.15) is 0 Å². The SMILES string of the molecule is CCC(OC(=O)CN1C(=O)c2ccccc2C1=O)C(=O)c1ccccc1. The van der Waals surface area contributed by atoms with Crippen LogP contribution in [0.3, 0.4) is 0 Å². The van der Waals surface area contributed by atoms with E-state index in [0.29, 0.717) is 12.0 Å². The summed E-state index contributed by atoms with van der Waals surface area (Å²) in [5.41, 5.74) is 0.961. The van der Waals surface area contributed by atoms with Crippen LogP contribution in [-0.2, 0) is 9.53 Å². The van der Waals surface area contributed by atoms with E-state index in [2.05, 4.69) is 0 Å². The summed E-state index contributed by atoms with van der Waals surface area (Å²) < 4.78 is 5.24. The van der Waals surface area contributed by atoms with Crippen molar-refractivity contribution in [3.8, 4) is 0 Å². The van der Waals surface area contributed by atoms with Crippen LogP contribution in [0.1, 0.15) is 44.4 Å². The summed E-state index contributed by atoms with van der Waals surface area (Å²) in [6.07, 6.45) is -0.665. The normalized spacial score (nSPS) is 14.1. The number of esters is 1. The summed E-state index contributed by atoms with van der Waals surface area (Å²) in [6.45, 7) is 1.20. The van der Waals surface area contributed by atoms with E-state index < -0.39 is 30.4 Å². The fourth-order valence-corrected chi connectivity index (χ4v) is 2.82. The molecule has 0 aromatic heterocycles. The number of ketones is 1. The number of benzene rings is 2. The first-order valence-electron chi connectivity index (χ1n) is 8.27. The van der Waals surface area contributed by atoms with Gasteiger partial charge in [0.05, 0.1) is 11.1 Å². The second-order valence-corrected chi connectivity index (χ2v) is 5.86. The Morgan fingerprint density at radius 3 is 2.00 bits per heavy atom. The minimum Gasteiger partial charge on any atom is -0.453 e. The lowest BCUT2D eigenvalue weighted by atomic mass is 10.0. The van der Waals surface area contributed by atoms with Crippen molar-refractivity contribution in [3.05, 3.63) is 71.3 Å². The molecular weight excluding hydrogens is 334 g/mol. The lowest BCUT2D eigenvalue weighted by Gasteiger charge is -2.18. The predicted octanol–water partition coefficient (Wildman–Crippen LogP) is 2.49. The molecule has 132 valence electrons. The number of carbonyl (C=O) groups excluding carboxylic acids is 4. The molecule has 0 saturated heterocycles. The number of amides is 2. The molecule has 0 radical (unpaired) electrons. The van der Waals surface area contributed by atoms with E-state index in [4.69, 9.17) is 4.74 Å². The number of imide groups is 1. The molecule has 26 heavy (non-hydrogen) atoms. The summed E-state index contributed by atoms with van der Waals surface area (Å²) in [5.74, 6) is -2.19. The highest BCUT2D eigenvalue weighted by molar-refractivity contribution is 6.22. The van der Waals surface area contributed by atoms with Crippen molar-refractivity contribution in [2.45, 2.75) is 19.4 Å². The van der Waals surface area contributed by atoms with Gasteiger partial charge in [0.15, 0.2) is 6.10 Å². The molecule has 2 aromatic carbocycles. The Morgan fingerprint density at radius 1 is 0.923 bits per heavy atom. The smallest absolute Gasteiger partial charge is 0.326 e. The van der Waals surface area contributed by atoms with E-state index >= 15 is 0 Å². The summed E-state index contributed by atoms with van der Waals surface area (Å²) in [4.78, 5) is 50.1. The van der Waals surface area contributed by atoms with E-state index in [-0.39, 0.29) is 16.9 Å². The minimum atomic E-state index is -0.958. The van der Waals surface area contributed by atoms with E-state index in [0.717, 1.165) is 4.90 Å². The molecule has 0 fully saturated rings. The average molecular weight is 351 g/mol. The van der Waals surface area contributed by atoms with E-state index in [1.54, 1.807) is 49.4 Å². The van der Waals surface area contributed by atoms with Crippen molar-refractivity contribution in [1.29, 1.82) is 0 Å². The number of hydrogen-bond donors (Lipinski definition) is 0. The van der Waals surface area contributed by atoms with Gasteiger partial charge >= 0.3 is 5.97 Å². The van der Waals surface area contributed by atoms with Crippen LogP contribution in [0, 0.1) is 0 Å². The molecule has 6 heteroatoms. The number of ether oxygens (including phenoxy) is 1. The third-order valence-corrected chi connectivity index (χ3v) is 4.16. The van der Waals surface area contributed by atoms with Gasteiger partial charge in [-0.3, -0.25) is 24.1 Å². The molecular formula is C20H17NO5. The Balaban J connectivity index is 1.68. The van der Waals surface area contributed by atoms with Crippen molar-refractivity contribution in [2.75, 3.05) is 6.54 Å². The van der Waals surface area contributed by atoms with Gasteiger partial charge in [-0.25, -0.2) is 0 Å². The molecule has 1 unspecified atom stereocenters. The Morgan fingerprint density at radius 2 is 1.46 bits per heavy atom. The molecule has 6 nitrogen and oxygen atoms in total. The molecule has 1 aliphatic heterocycles. The molecule has 1 heterocycles. The Kier molecular flexibility index (Phi) is 4.93. The van der Waals surface area contributed by atoms with Crippen LogP contribution >= 0.6 is 0 Å². The molecule has 0 N–H and O–H groups in total. The fraction of sp³-hybridized carbons (Fsp3) is 0.200. The Hall–Kier alpha value is -3.28. The topological polar surface area (TPSA) is 80.8 Å². The van der Waals surface area contributed by atoms with Crippen LogP contribution in [0.15, 0.2) is 54.6 Å². The quantitative estimate of drug-likeness (QED) is 0.454. The second-order valence-electron chi connectivity index (χ2n) is 5.86. The highest BCUT2D eigenvalue weighted by Gasteiger charge is 2.37. The van der Waals surface area contributed by atoms with Crippen molar-refractivity contribution >= 4 is 23.6 Å². The largest absolute Gasteiger partial charge is 0.453 e. The molecule has 1 aliphatic rings. The zero-order chi connectivity index (χ0) is 18.7. The number of Topliss-reactive ketones (excluding diaryl/α,β-unsaturated/α-hetero) is 1. The van der Waals surface area contributed by atoms with Crippen LogP contribution in [0.25, 0.3) is 0 Å². The lowest BCUT2D eigenvalue weighted by molar-refractivity contribution is -0.147. The first-order chi connectivity index (χ1) is 12.5. The highest BCUT2D eigenvalue weighted by Crippen LogP contribution is 2.22. The molecule has 1 atom stereocenters. The molecule has 0 bridgehead atoms. The number of nitrogens with zero attached hydrogens (tertiary/aromatic N) is 1. The van der Waals surface area contributed by atoms with Gasteiger partial charge in [-0.1, -0.05) is 49.4 Å². The zero-order valence-corrected chi connectivity index (χ0v) is 14.2. The van der Waals surface area contributed by atoms with Gasteiger partial charge in [0, 0.05) is 5.56 Å². The van der Waals surface area contributed by atoms with Crippen LogP contribution in [0.2, 0.25) is 0 Å². The molecule has 2 aromatic rings. The maximum absolute atomic E-state index is 12.4. The second kappa shape index (κ2) is 7.31. The summed E-state index contributed by atoms with van der Waals surface area (Å²) in [7, 11) is 0. The van der Waals surface area contributed by atoms with Gasteiger partial charge in [0.2, 0.25) is 5.78 Å². The molecule has 0 spiro atoms. The van der Waals surface area contributed by atoms with Crippen molar-refractivity contribution in [3.63, 3.8) is 0 Å². The van der Waals surface area contributed by atoms with Crippen molar-refractivity contribution in [1.82, 2.24) is 4.90 Å². The van der Waals surface area contributed by atoms with Gasteiger partial charge in [-0.15, -0.1) is 0 Å². The molecule has 0 aliphatic carbocycles. The average Bonchev–Trinajstić information content (AvgIpc) is 2.91. The van der Waals surface area contributed by atoms with E-state index in [1.807, 2.05) is 0 Å². The number of rotatable bonds is 6. The van der Waals surface area contributed by atoms with Crippen LogP contribution in [0.5, 0.6) is 0 Å². The monoisotopic (exact) mass is 351 g/mol. The number of carbonyl (C=O) groups is 4. The third kappa shape index (κ3) is 3.26. The molecule has 3 rings (SSSR count). The van der Waals surface area contributed by atoms with Crippen LogP contribution < -0.4 is 0 Å². The lowest BCUT2D eigenvalue weighted by Crippen LogP contribution is -2.38. The zero-order valence-electron chi connectivity index (χ0n) is 14.2. The maximum atomic E-state index is 12.4. The molecule has 0 saturated carbocycles. The standard InChI is InChI=1S/C20H17NO5/c1-2-16(18(23)13-8-4-3-5-9-13)26-17(22)12-21-19(24)14-10-6-7-11-15(14)20(21)25/h3-11,16H,2,12H2,1H3. The predicted molar refractivity (Wildman–Crippen MR) is 92.8 cm³/mol. The summed E-state index contributed by atoms with van der Waals surface area (Å²) in [5, 5.41) is 0. The van der Waals surface area contributed by atoms with Crippen LogP contribution in [0.4, 0.5) is 0 Å². The first kappa shape index (κ1) is 17.5. The van der Waals surface area contributed by atoms with Crippen molar-refractivity contribution in [2.24, 2.45) is 0 Å². The van der Waals surface area contributed by atoms with E-state index in [9.17, 15) is 19.2 Å². The Bertz CT molecular complexity index is 840. The fourth-order valence-electron chi connectivity index (χ4n) is 2.82. The van der Waals surface area contributed by atoms with Gasteiger partial charge < -0.3 is 4.74 Å². The number of fused-ring (bicyclic) bond motifs is 1. The van der Waals surface area contributed by atoms with Gasteiger partial charge in [0.1, 0.15) is 6.54 Å². The maximum Gasteiger partial charge on any atom is 0.326 e. The van der Waals surface area contributed by atoms with Crippen molar-refractivity contribution < 1.29 is 23.9 Å². The van der Waals surface area contributed by atoms with E-state index in [1.165, 1.54) is 12.1 Å².